The van der Waals surface area contributed by atoms with Gasteiger partial charge in [-0.3, -0.25) is 0 Å². The predicted octanol–water partition coefficient (Wildman–Crippen LogP) is 1.75. The lowest BCUT2D eigenvalue weighted by atomic mass is 10.1. The molecule has 1 fully saturated rings. The number of sulfonamides is 1. The van der Waals surface area contributed by atoms with Gasteiger partial charge in [0.15, 0.2) is 0 Å². The SMILES string of the molecule is Cc1c(F)cc(CO)cc1S(=O)(=O)N1CCCSCC1. The third kappa shape index (κ3) is 3.16. The van der Waals surface area contributed by atoms with E-state index in [9.17, 15) is 12.8 Å². The number of rotatable bonds is 3. The molecule has 1 N–H and O–H groups in total. The molecular weight excluding hydrogens is 301 g/mol. The minimum atomic E-state index is -3.70. The van der Waals surface area contributed by atoms with E-state index in [2.05, 4.69) is 0 Å². The van der Waals surface area contributed by atoms with Crippen molar-refractivity contribution in [1.29, 1.82) is 0 Å². The summed E-state index contributed by atoms with van der Waals surface area (Å²) in [4.78, 5) is -0.0338. The quantitative estimate of drug-likeness (QED) is 0.922. The van der Waals surface area contributed by atoms with Crippen molar-refractivity contribution in [3.05, 3.63) is 29.1 Å². The van der Waals surface area contributed by atoms with Crippen LogP contribution in [0.2, 0.25) is 0 Å². The van der Waals surface area contributed by atoms with Gasteiger partial charge in [0.05, 0.1) is 11.5 Å². The Morgan fingerprint density at radius 3 is 2.80 bits per heavy atom. The smallest absolute Gasteiger partial charge is 0.243 e. The fourth-order valence-electron chi connectivity index (χ4n) is 2.17. The molecule has 4 nitrogen and oxygen atoms in total. The highest BCUT2D eigenvalue weighted by Crippen LogP contribution is 2.25. The van der Waals surface area contributed by atoms with Gasteiger partial charge in [-0.1, -0.05) is 0 Å². The molecule has 0 aromatic heterocycles. The average molecular weight is 319 g/mol. The topological polar surface area (TPSA) is 57.6 Å². The van der Waals surface area contributed by atoms with Gasteiger partial charge < -0.3 is 5.11 Å². The highest BCUT2D eigenvalue weighted by Gasteiger charge is 2.28. The number of aliphatic hydroxyl groups is 1. The first-order chi connectivity index (χ1) is 9.46. The Labute approximate surface area is 123 Å². The molecule has 0 saturated carbocycles. The molecule has 0 atom stereocenters. The molecule has 1 aliphatic rings. The van der Waals surface area contributed by atoms with Gasteiger partial charge in [-0.05, 0) is 36.8 Å². The van der Waals surface area contributed by atoms with Gasteiger partial charge in [-0.2, -0.15) is 16.1 Å². The molecule has 2 rings (SSSR count). The average Bonchev–Trinajstić information content (AvgIpc) is 2.70. The van der Waals surface area contributed by atoms with Crippen molar-refractivity contribution in [3.8, 4) is 0 Å². The molecular formula is C13H18FNO3S2. The number of halogens is 1. The highest BCUT2D eigenvalue weighted by atomic mass is 32.2. The maximum atomic E-state index is 13.8. The molecule has 0 spiro atoms. The second-order valence-corrected chi connectivity index (χ2v) is 7.86. The van der Waals surface area contributed by atoms with E-state index >= 15 is 0 Å². The number of benzene rings is 1. The monoisotopic (exact) mass is 319 g/mol. The number of thioether (sulfide) groups is 1. The fraction of sp³-hybridized carbons (Fsp3) is 0.538. The summed E-state index contributed by atoms with van der Waals surface area (Å²) in [5, 5.41) is 9.12. The minimum Gasteiger partial charge on any atom is -0.392 e. The lowest BCUT2D eigenvalue weighted by Crippen LogP contribution is -2.33. The van der Waals surface area contributed by atoms with E-state index in [4.69, 9.17) is 5.11 Å². The lowest BCUT2D eigenvalue weighted by molar-refractivity contribution is 0.280. The number of hydrogen-bond acceptors (Lipinski definition) is 4. The van der Waals surface area contributed by atoms with E-state index in [1.165, 1.54) is 23.4 Å². The van der Waals surface area contributed by atoms with Crippen LogP contribution in [0.1, 0.15) is 17.5 Å². The molecule has 1 heterocycles. The van der Waals surface area contributed by atoms with Gasteiger partial charge in [0.1, 0.15) is 5.82 Å². The molecule has 7 heteroatoms. The van der Waals surface area contributed by atoms with Crippen molar-refractivity contribution in [1.82, 2.24) is 4.31 Å². The second kappa shape index (κ2) is 6.43. The first-order valence-electron chi connectivity index (χ1n) is 6.44. The summed E-state index contributed by atoms with van der Waals surface area (Å²) in [6.07, 6.45) is 0.797. The van der Waals surface area contributed by atoms with Gasteiger partial charge in [-0.25, -0.2) is 12.8 Å². The van der Waals surface area contributed by atoms with E-state index in [1.54, 1.807) is 11.8 Å². The van der Waals surface area contributed by atoms with Crippen LogP contribution in [0.4, 0.5) is 4.39 Å². The molecule has 1 aromatic rings. The summed E-state index contributed by atoms with van der Waals surface area (Å²) in [5.41, 5.74) is 0.384. The molecule has 1 aromatic carbocycles. The van der Waals surface area contributed by atoms with Crippen LogP contribution in [0, 0.1) is 12.7 Å². The standard InChI is InChI=1S/C13H18FNO3S2/c1-10-12(14)7-11(9-16)8-13(10)20(17,18)15-3-2-5-19-6-4-15/h7-8,16H,2-6,9H2,1H3. The summed E-state index contributed by atoms with van der Waals surface area (Å²) in [6.45, 7) is 1.97. The largest absolute Gasteiger partial charge is 0.392 e. The van der Waals surface area contributed by atoms with Gasteiger partial charge in [0, 0.05) is 24.4 Å². The van der Waals surface area contributed by atoms with Crippen molar-refractivity contribution in [2.24, 2.45) is 0 Å². The number of hydrogen-bond donors (Lipinski definition) is 1. The van der Waals surface area contributed by atoms with Gasteiger partial charge in [0.2, 0.25) is 10.0 Å². The first kappa shape index (κ1) is 15.8. The van der Waals surface area contributed by atoms with Crippen LogP contribution in [0.5, 0.6) is 0 Å². The Morgan fingerprint density at radius 2 is 2.10 bits per heavy atom. The van der Waals surface area contributed by atoms with Crippen molar-refractivity contribution < 1.29 is 17.9 Å². The van der Waals surface area contributed by atoms with Crippen molar-refractivity contribution in [2.75, 3.05) is 24.6 Å². The molecule has 0 bridgehead atoms. The van der Waals surface area contributed by atoms with Gasteiger partial charge in [-0.15, -0.1) is 0 Å². The maximum Gasteiger partial charge on any atom is 0.243 e. The van der Waals surface area contributed by atoms with Crippen LogP contribution >= 0.6 is 11.8 Å². The highest BCUT2D eigenvalue weighted by molar-refractivity contribution is 7.99. The molecule has 0 amide bonds. The summed E-state index contributed by atoms with van der Waals surface area (Å²) >= 11 is 1.73. The summed E-state index contributed by atoms with van der Waals surface area (Å²) < 4.78 is 40.5. The molecule has 1 saturated heterocycles. The predicted molar refractivity (Wildman–Crippen MR) is 77.8 cm³/mol. The third-order valence-electron chi connectivity index (χ3n) is 3.34. The van der Waals surface area contributed by atoms with Crippen LogP contribution < -0.4 is 0 Å². The third-order valence-corrected chi connectivity index (χ3v) is 6.41. The number of aliphatic hydroxyl groups excluding tert-OH is 1. The molecule has 1 aliphatic heterocycles. The van der Waals surface area contributed by atoms with Crippen LogP contribution in [0.3, 0.4) is 0 Å². The maximum absolute atomic E-state index is 13.8. The van der Waals surface area contributed by atoms with E-state index in [0.717, 1.165) is 17.9 Å². The Balaban J connectivity index is 2.45. The Bertz CT molecular complexity index is 582. The van der Waals surface area contributed by atoms with Crippen LogP contribution in [0.25, 0.3) is 0 Å². The van der Waals surface area contributed by atoms with Gasteiger partial charge >= 0.3 is 0 Å². The first-order valence-corrected chi connectivity index (χ1v) is 9.04. The zero-order valence-corrected chi connectivity index (χ0v) is 12.9. The summed E-state index contributed by atoms with van der Waals surface area (Å²) in [5.74, 6) is 1.09. The van der Waals surface area contributed by atoms with Crippen LogP contribution in [-0.2, 0) is 16.6 Å². The zero-order valence-electron chi connectivity index (χ0n) is 11.3. The van der Waals surface area contributed by atoms with Crippen LogP contribution in [-0.4, -0.2) is 42.4 Å². The summed E-state index contributed by atoms with van der Waals surface area (Å²) in [7, 11) is -3.70. The van der Waals surface area contributed by atoms with Crippen molar-refractivity contribution >= 4 is 21.8 Å². The van der Waals surface area contributed by atoms with Crippen molar-refractivity contribution in [3.63, 3.8) is 0 Å². The molecule has 0 unspecified atom stereocenters. The Hall–Kier alpha value is -0.630. The van der Waals surface area contributed by atoms with E-state index in [1.807, 2.05) is 0 Å². The zero-order chi connectivity index (χ0) is 14.8. The Kier molecular flexibility index (Phi) is 5.06. The minimum absolute atomic E-state index is 0.0338. The van der Waals surface area contributed by atoms with E-state index in [-0.39, 0.29) is 22.6 Å². The van der Waals surface area contributed by atoms with Crippen LogP contribution in [0.15, 0.2) is 17.0 Å². The summed E-state index contributed by atoms with van der Waals surface area (Å²) in [6, 6.07) is 2.54. The molecule has 20 heavy (non-hydrogen) atoms. The second-order valence-electron chi connectivity index (χ2n) is 4.73. The van der Waals surface area contributed by atoms with E-state index < -0.39 is 15.8 Å². The molecule has 112 valence electrons. The van der Waals surface area contributed by atoms with E-state index in [0.29, 0.717) is 13.1 Å². The lowest BCUT2D eigenvalue weighted by Gasteiger charge is -2.21. The molecule has 0 aliphatic carbocycles. The molecule has 0 radical (unpaired) electrons. The fourth-order valence-corrected chi connectivity index (χ4v) is 4.94. The number of nitrogens with zero attached hydrogens (tertiary/aromatic N) is 1. The van der Waals surface area contributed by atoms with Crippen molar-refractivity contribution in [2.45, 2.75) is 24.8 Å². The van der Waals surface area contributed by atoms with Gasteiger partial charge in [0.25, 0.3) is 0 Å². The Morgan fingerprint density at radius 1 is 1.35 bits per heavy atom. The normalized spacial score (nSPS) is 17.9.